The van der Waals surface area contributed by atoms with Gasteiger partial charge in [-0.05, 0) is 25.0 Å². The molecular weight excluding hydrogens is 347 g/mol. The van der Waals surface area contributed by atoms with Crippen molar-refractivity contribution in [2.45, 2.75) is 24.9 Å². The Labute approximate surface area is 152 Å². The minimum atomic E-state index is -1.20. The summed E-state index contributed by atoms with van der Waals surface area (Å²) in [7, 11) is 2.94. The molecular formula is C18H22ClFN2O3. The van der Waals surface area contributed by atoms with Crippen LogP contribution < -0.4 is 0 Å². The Balaban J connectivity index is 2.30. The van der Waals surface area contributed by atoms with Crippen molar-refractivity contribution >= 4 is 23.4 Å². The van der Waals surface area contributed by atoms with Crippen molar-refractivity contribution in [2.24, 2.45) is 4.99 Å². The first-order valence-electron chi connectivity index (χ1n) is 7.96. The highest BCUT2D eigenvalue weighted by atomic mass is 35.5. The maximum absolute atomic E-state index is 13.5. The molecule has 0 aromatic heterocycles. The van der Waals surface area contributed by atoms with E-state index in [1.54, 1.807) is 30.2 Å². The van der Waals surface area contributed by atoms with Crippen molar-refractivity contribution < 1.29 is 18.7 Å². The molecule has 0 saturated heterocycles. The van der Waals surface area contributed by atoms with Gasteiger partial charge in [-0.15, -0.1) is 11.6 Å². The van der Waals surface area contributed by atoms with Gasteiger partial charge >= 0.3 is 0 Å². The molecule has 25 heavy (non-hydrogen) atoms. The van der Waals surface area contributed by atoms with E-state index in [2.05, 4.69) is 4.99 Å². The molecule has 1 heterocycles. The van der Waals surface area contributed by atoms with Crippen LogP contribution in [0.4, 0.5) is 4.39 Å². The number of ether oxygens (including phenoxy) is 2. The molecule has 1 aliphatic carbocycles. The number of carbonyl (C=O) groups excluding carboxylic acids is 1. The molecule has 1 aliphatic heterocycles. The maximum atomic E-state index is 13.5. The lowest BCUT2D eigenvalue weighted by atomic mass is 10.0. The van der Waals surface area contributed by atoms with Crippen molar-refractivity contribution in [3.63, 3.8) is 0 Å². The summed E-state index contributed by atoms with van der Waals surface area (Å²) in [6, 6.07) is 0. The number of aliphatic imine (C=N–C) groups is 1. The Kier molecular flexibility index (Phi) is 6.82. The summed E-state index contributed by atoms with van der Waals surface area (Å²) < 4.78 is 24.0. The lowest BCUT2D eigenvalue weighted by Crippen LogP contribution is -2.36. The highest BCUT2D eigenvalue weighted by Crippen LogP contribution is 2.21. The molecule has 0 fully saturated rings. The summed E-state index contributed by atoms with van der Waals surface area (Å²) >= 11 is 5.96. The summed E-state index contributed by atoms with van der Waals surface area (Å²) in [4.78, 5) is 18.8. The molecule has 0 spiro atoms. The Hall–Kier alpha value is -2.08. The van der Waals surface area contributed by atoms with Gasteiger partial charge in [0.2, 0.25) is 0 Å². The number of hydrogen-bond donors (Lipinski definition) is 0. The summed E-state index contributed by atoms with van der Waals surface area (Å²) in [5, 5.41) is -0.714. The highest BCUT2D eigenvalue weighted by Gasteiger charge is 2.25. The zero-order valence-electron chi connectivity index (χ0n) is 14.5. The summed E-state index contributed by atoms with van der Waals surface area (Å²) in [5.41, 5.74) is 1.19. The van der Waals surface area contributed by atoms with E-state index in [4.69, 9.17) is 21.1 Å². The fraction of sp³-hybridized carbons (Fsp3) is 0.444. The fourth-order valence-electron chi connectivity index (χ4n) is 2.62. The van der Waals surface area contributed by atoms with Crippen molar-refractivity contribution in [3.8, 4) is 0 Å². The number of carbonyl (C=O) groups is 1. The predicted molar refractivity (Wildman–Crippen MR) is 96.3 cm³/mol. The average Bonchev–Trinajstić information content (AvgIpc) is 2.61. The first-order valence-corrected chi connectivity index (χ1v) is 8.40. The smallest absolute Gasteiger partial charge is 0.257 e. The number of hydrogen-bond acceptors (Lipinski definition) is 4. The molecule has 0 aromatic carbocycles. The lowest BCUT2D eigenvalue weighted by Gasteiger charge is -2.26. The number of nitrogens with zero attached hydrogens (tertiary/aromatic N) is 2. The normalized spacial score (nSPS) is 31.1. The third kappa shape index (κ3) is 4.72. The predicted octanol–water partition coefficient (Wildman–Crippen LogP) is 3.14. The SMILES string of the molecule is COC1=C(/C)C(=O)N(CC2=CC(Cl)C(F)C=C2)CC/C=C/N=C\1OC. The topological polar surface area (TPSA) is 51.1 Å². The van der Waals surface area contributed by atoms with E-state index in [1.807, 2.05) is 6.08 Å². The summed E-state index contributed by atoms with van der Waals surface area (Å²) in [6.07, 6.45) is 7.63. The summed E-state index contributed by atoms with van der Waals surface area (Å²) in [5.74, 6) is 0.334. The number of rotatable bonds is 3. The van der Waals surface area contributed by atoms with E-state index in [0.717, 1.165) is 5.57 Å². The minimum absolute atomic E-state index is 0.195. The van der Waals surface area contributed by atoms with Crippen LogP contribution in [0.5, 0.6) is 0 Å². The molecule has 5 nitrogen and oxygen atoms in total. The molecule has 2 rings (SSSR count). The third-order valence-electron chi connectivity index (χ3n) is 3.95. The Bertz CT molecular complexity index is 667. The molecule has 7 heteroatoms. The lowest BCUT2D eigenvalue weighted by molar-refractivity contribution is -0.126. The fourth-order valence-corrected chi connectivity index (χ4v) is 2.86. The van der Waals surface area contributed by atoms with Gasteiger partial charge in [0.15, 0.2) is 5.76 Å². The molecule has 0 saturated carbocycles. The van der Waals surface area contributed by atoms with Crippen LogP contribution in [0.25, 0.3) is 0 Å². The summed E-state index contributed by atoms with van der Waals surface area (Å²) in [6.45, 7) is 2.51. The van der Waals surface area contributed by atoms with E-state index in [9.17, 15) is 9.18 Å². The van der Waals surface area contributed by atoms with Crippen LogP contribution in [0.1, 0.15) is 13.3 Å². The van der Waals surface area contributed by atoms with Crippen LogP contribution in [0.3, 0.4) is 0 Å². The van der Waals surface area contributed by atoms with E-state index >= 15 is 0 Å². The van der Waals surface area contributed by atoms with Crippen LogP contribution in [0.15, 0.2) is 52.4 Å². The second-order valence-electron chi connectivity index (χ2n) is 5.69. The molecule has 136 valence electrons. The maximum Gasteiger partial charge on any atom is 0.257 e. The zero-order chi connectivity index (χ0) is 18.4. The first kappa shape index (κ1) is 19.2. The standard InChI is InChI=1S/C18H22ClFN2O3/c1-12-16(24-2)17(25-3)21-8-4-5-9-22(18(12)23)11-13-6-7-15(20)14(19)10-13/h4,6-8,10,14-15H,5,9,11H2,1-3H3/b8-4+,16-12-,21-17+. The van der Waals surface area contributed by atoms with Gasteiger partial charge in [0.25, 0.3) is 11.8 Å². The quantitative estimate of drug-likeness (QED) is 0.719. The van der Waals surface area contributed by atoms with Gasteiger partial charge in [0.1, 0.15) is 6.17 Å². The number of methoxy groups -OCH3 is 2. The van der Waals surface area contributed by atoms with Crippen molar-refractivity contribution in [1.82, 2.24) is 4.90 Å². The third-order valence-corrected chi connectivity index (χ3v) is 4.31. The zero-order valence-corrected chi connectivity index (χ0v) is 15.3. The molecule has 0 radical (unpaired) electrons. The molecule has 1 amide bonds. The van der Waals surface area contributed by atoms with Gasteiger partial charge in [-0.2, -0.15) is 0 Å². The Morgan fingerprint density at radius 1 is 1.40 bits per heavy atom. The molecule has 2 aliphatic rings. The molecule has 0 aromatic rings. The van der Waals surface area contributed by atoms with E-state index in [0.29, 0.717) is 25.1 Å². The number of halogens is 2. The number of alkyl halides is 2. The van der Waals surface area contributed by atoms with E-state index in [-0.39, 0.29) is 17.6 Å². The Morgan fingerprint density at radius 3 is 2.80 bits per heavy atom. The van der Waals surface area contributed by atoms with Gasteiger partial charge < -0.3 is 14.4 Å². The average molecular weight is 369 g/mol. The van der Waals surface area contributed by atoms with E-state index in [1.165, 1.54) is 20.3 Å². The van der Waals surface area contributed by atoms with Gasteiger partial charge in [0.05, 0.1) is 25.2 Å². The second-order valence-corrected chi connectivity index (χ2v) is 6.19. The Morgan fingerprint density at radius 2 is 2.16 bits per heavy atom. The van der Waals surface area contributed by atoms with Crippen molar-refractivity contribution in [3.05, 3.63) is 47.4 Å². The van der Waals surface area contributed by atoms with Crippen molar-refractivity contribution in [1.29, 1.82) is 0 Å². The number of allylic oxidation sites excluding steroid dienone is 2. The monoisotopic (exact) mass is 368 g/mol. The van der Waals surface area contributed by atoms with E-state index < -0.39 is 11.5 Å². The number of amides is 1. The highest BCUT2D eigenvalue weighted by molar-refractivity contribution is 6.22. The van der Waals surface area contributed by atoms with Gasteiger partial charge in [-0.25, -0.2) is 9.38 Å². The molecule has 0 bridgehead atoms. The minimum Gasteiger partial charge on any atom is -0.491 e. The van der Waals surface area contributed by atoms with Crippen LogP contribution in [-0.2, 0) is 14.3 Å². The molecule has 2 atom stereocenters. The van der Waals surface area contributed by atoms with Gasteiger partial charge in [0, 0.05) is 19.3 Å². The van der Waals surface area contributed by atoms with Gasteiger partial charge in [-0.3, -0.25) is 4.79 Å². The van der Waals surface area contributed by atoms with Crippen LogP contribution in [0.2, 0.25) is 0 Å². The largest absolute Gasteiger partial charge is 0.491 e. The first-order chi connectivity index (χ1) is 12.0. The molecule has 2 unspecified atom stereocenters. The van der Waals surface area contributed by atoms with Crippen LogP contribution in [0, 0.1) is 0 Å². The van der Waals surface area contributed by atoms with Crippen LogP contribution >= 0.6 is 11.6 Å². The van der Waals surface area contributed by atoms with Gasteiger partial charge in [-0.1, -0.05) is 18.2 Å². The van der Waals surface area contributed by atoms with Crippen molar-refractivity contribution in [2.75, 3.05) is 27.3 Å². The second kappa shape index (κ2) is 8.85. The van der Waals surface area contributed by atoms with Crippen LogP contribution in [-0.4, -0.2) is 55.6 Å². The molecule has 0 N–H and O–H groups in total.